The van der Waals surface area contributed by atoms with Gasteiger partial charge in [-0.15, -0.1) is 0 Å². The molecule has 7 heteroatoms. The summed E-state index contributed by atoms with van der Waals surface area (Å²) in [4.78, 5) is 8.08. The van der Waals surface area contributed by atoms with E-state index in [1.165, 1.54) is 4.31 Å². The van der Waals surface area contributed by atoms with Crippen molar-refractivity contribution in [1.29, 1.82) is 0 Å². The van der Waals surface area contributed by atoms with E-state index >= 15 is 0 Å². The molecule has 1 N–H and O–H groups in total. The Kier molecular flexibility index (Phi) is 3.97. The number of fused-ring (bicyclic) bond motifs is 1. The predicted octanol–water partition coefficient (Wildman–Crippen LogP) is 2.75. The molecule has 0 spiro atoms. The first kappa shape index (κ1) is 16.1. The lowest BCUT2D eigenvalue weighted by atomic mass is 10.0. The summed E-state index contributed by atoms with van der Waals surface area (Å²) in [6.45, 7) is 3.10. The zero-order chi connectivity index (χ0) is 17.4. The van der Waals surface area contributed by atoms with E-state index in [0.717, 1.165) is 16.9 Å². The first-order valence-electron chi connectivity index (χ1n) is 8.26. The van der Waals surface area contributed by atoms with Crippen LogP contribution in [0.3, 0.4) is 0 Å². The van der Waals surface area contributed by atoms with E-state index in [9.17, 15) is 8.42 Å². The fourth-order valence-corrected chi connectivity index (χ4v) is 4.71. The maximum Gasteiger partial charge on any atom is 0.246 e. The summed E-state index contributed by atoms with van der Waals surface area (Å²) in [5, 5.41) is 0. The van der Waals surface area contributed by atoms with Crippen molar-refractivity contribution in [2.75, 3.05) is 19.7 Å². The van der Waals surface area contributed by atoms with Gasteiger partial charge >= 0.3 is 0 Å². The molecular formula is C18H19N3O3S. The second-order valence-corrected chi connectivity index (χ2v) is 7.94. The molecule has 1 aliphatic heterocycles. The minimum atomic E-state index is -3.56. The topological polar surface area (TPSA) is 75.3 Å². The molecule has 2 aromatic carbocycles. The van der Waals surface area contributed by atoms with Gasteiger partial charge in [-0.05, 0) is 31.2 Å². The highest BCUT2D eigenvalue weighted by atomic mass is 32.2. The molecule has 25 heavy (non-hydrogen) atoms. The molecular weight excluding hydrogens is 338 g/mol. The van der Waals surface area contributed by atoms with Gasteiger partial charge in [-0.25, -0.2) is 13.4 Å². The number of hydrogen-bond acceptors (Lipinski definition) is 4. The summed E-state index contributed by atoms with van der Waals surface area (Å²) in [6.07, 6.45) is 0. The Morgan fingerprint density at radius 1 is 1.16 bits per heavy atom. The lowest BCUT2D eigenvalue weighted by Crippen LogP contribution is -2.48. The van der Waals surface area contributed by atoms with Gasteiger partial charge in [-0.3, -0.25) is 0 Å². The number of hydrogen-bond donors (Lipinski definition) is 1. The summed E-state index contributed by atoms with van der Waals surface area (Å²) in [5.41, 5.74) is 1.88. The Morgan fingerprint density at radius 2 is 1.88 bits per heavy atom. The van der Waals surface area contributed by atoms with Gasteiger partial charge in [0.1, 0.15) is 16.5 Å². The van der Waals surface area contributed by atoms with Crippen molar-refractivity contribution in [3.05, 3.63) is 54.4 Å². The largest absolute Gasteiger partial charge is 0.492 e. The number of nitrogens with zero attached hydrogens (tertiary/aromatic N) is 2. The van der Waals surface area contributed by atoms with Crippen LogP contribution in [0.15, 0.2) is 53.4 Å². The van der Waals surface area contributed by atoms with Crippen molar-refractivity contribution in [1.82, 2.24) is 14.3 Å². The van der Waals surface area contributed by atoms with Crippen LogP contribution >= 0.6 is 0 Å². The van der Waals surface area contributed by atoms with Crippen molar-refractivity contribution >= 4 is 21.1 Å². The van der Waals surface area contributed by atoms with Gasteiger partial charge in [0.2, 0.25) is 10.0 Å². The average molecular weight is 357 g/mol. The molecule has 0 aliphatic carbocycles. The third kappa shape index (κ3) is 2.79. The molecule has 4 rings (SSSR count). The standard InChI is InChI=1S/C18H19N3O3S/c1-2-24-16-9-5-6-10-17(16)25(22,23)21-11-13(12-21)18-19-14-7-3-4-8-15(14)20-18/h3-10,13H,2,11-12H2,1H3,(H,19,20). The van der Waals surface area contributed by atoms with E-state index in [4.69, 9.17) is 4.74 Å². The summed E-state index contributed by atoms with van der Waals surface area (Å²) in [5.74, 6) is 1.32. The van der Waals surface area contributed by atoms with Crippen molar-refractivity contribution in [3.63, 3.8) is 0 Å². The van der Waals surface area contributed by atoms with Gasteiger partial charge in [0.15, 0.2) is 0 Å². The van der Waals surface area contributed by atoms with E-state index in [0.29, 0.717) is 25.4 Å². The van der Waals surface area contributed by atoms with Crippen LogP contribution in [-0.2, 0) is 10.0 Å². The minimum Gasteiger partial charge on any atom is -0.492 e. The molecule has 0 amide bonds. The van der Waals surface area contributed by atoms with Gasteiger partial charge in [-0.2, -0.15) is 4.31 Å². The number of nitrogens with one attached hydrogen (secondary N) is 1. The van der Waals surface area contributed by atoms with Crippen LogP contribution in [0.2, 0.25) is 0 Å². The third-order valence-electron chi connectivity index (χ3n) is 4.41. The number of rotatable bonds is 5. The highest BCUT2D eigenvalue weighted by Crippen LogP contribution is 2.34. The van der Waals surface area contributed by atoms with Gasteiger partial charge < -0.3 is 9.72 Å². The maximum atomic E-state index is 12.9. The SMILES string of the molecule is CCOc1ccccc1S(=O)(=O)N1CC(c2nc3ccccc3[nH]2)C1. The van der Waals surface area contributed by atoms with Crippen LogP contribution in [0.4, 0.5) is 0 Å². The third-order valence-corrected chi connectivity index (χ3v) is 6.28. The number of benzene rings is 2. The molecule has 1 aromatic heterocycles. The first-order valence-corrected chi connectivity index (χ1v) is 9.70. The van der Waals surface area contributed by atoms with Crippen LogP contribution in [0.1, 0.15) is 18.7 Å². The molecule has 0 unspecified atom stereocenters. The van der Waals surface area contributed by atoms with Crippen molar-refractivity contribution in [3.8, 4) is 5.75 Å². The Labute approximate surface area is 146 Å². The molecule has 130 valence electrons. The van der Waals surface area contributed by atoms with Crippen LogP contribution in [-0.4, -0.2) is 42.4 Å². The Hall–Kier alpha value is -2.38. The fourth-order valence-electron chi connectivity index (χ4n) is 3.05. The lowest BCUT2D eigenvalue weighted by molar-refractivity contribution is 0.255. The maximum absolute atomic E-state index is 12.9. The second-order valence-electron chi connectivity index (χ2n) is 6.04. The number of aromatic amines is 1. The molecule has 1 fully saturated rings. The molecule has 1 aliphatic rings. The Balaban J connectivity index is 1.55. The molecule has 0 radical (unpaired) electrons. The molecule has 6 nitrogen and oxygen atoms in total. The molecule has 0 saturated carbocycles. The molecule has 1 saturated heterocycles. The predicted molar refractivity (Wildman–Crippen MR) is 95.2 cm³/mol. The van der Waals surface area contributed by atoms with Crippen molar-refractivity contribution < 1.29 is 13.2 Å². The summed E-state index contributed by atoms with van der Waals surface area (Å²) >= 11 is 0. The smallest absolute Gasteiger partial charge is 0.246 e. The summed E-state index contributed by atoms with van der Waals surface area (Å²) < 4.78 is 32.7. The van der Waals surface area contributed by atoms with E-state index in [1.54, 1.807) is 24.3 Å². The molecule has 0 bridgehead atoms. The highest BCUT2D eigenvalue weighted by Gasteiger charge is 2.40. The Morgan fingerprint density at radius 3 is 2.64 bits per heavy atom. The first-order chi connectivity index (χ1) is 12.1. The number of H-pyrrole nitrogens is 1. The number of para-hydroxylation sites is 3. The normalized spacial score (nSPS) is 16.0. The monoisotopic (exact) mass is 357 g/mol. The zero-order valence-corrected chi connectivity index (χ0v) is 14.7. The molecule has 2 heterocycles. The number of aromatic nitrogens is 2. The Bertz CT molecular complexity index is 974. The molecule has 0 atom stereocenters. The summed E-state index contributed by atoms with van der Waals surface area (Å²) in [6, 6.07) is 14.6. The second kappa shape index (κ2) is 6.16. The quantitative estimate of drug-likeness (QED) is 0.762. The van der Waals surface area contributed by atoms with Crippen molar-refractivity contribution in [2.24, 2.45) is 0 Å². The lowest BCUT2D eigenvalue weighted by Gasteiger charge is -2.37. The van der Waals surface area contributed by atoms with E-state index in [2.05, 4.69) is 9.97 Å². The van der Waals surface area contributed by atoms with Gasteiger partial charge in [0.05, 0.1) is 17.6 Å². The fraction of sp³-hybridized carbons (Fsp3) is 0.278. The van der Waals surface area contributed by atoms with Gasteiger partial charge in [0, 0.05) is 19.0 Å². The highest BCUT2D eigenvalue weighted by molar-refractivity contribution is 7.89. The van der Waals surface area contributed by atoms with Gasteiger partial charge in [-0.1, -0.05) is 24.3 Å². The molecule has 3 aromatic rings. The van der Waals surface area contributed by atoms with Crippen LogP contribution in [0, 0.1) is 0 Å². The number of sulfonamides is 1. The van der Waals surface area contributed by atoms with E-state index in [-0.39, 0.29) is 10.8 Å². The van der Waals surface area contributed by atoms with E-state index in [1.807, 2.05) is 31.2 Å². The summed E-state index contributed by atoms with van der Waals surface area (Å²) in [7, 11) is -3.56. The van der Waals surface area contributed by atoms with Crippen LogP contribution in [0.25, 0.3) is 11.0 Å². The van der Waals surface area contributed by atoms with E-state index < -0.39 is 10.0 Å². The van der Waals surface area contributed by atoms with Gasteiger partial charge in [0.25, 0.3) is 0 Å². The number of imidazole rings is 1. The van der Waals surface area contributed by atoms with Crippen LogP contribution < -0.4 is 4.74 Å². The van der Waals surface area contributed by atoms with Crippen LogP contribution in [0.5, 0.6) is 5.75 Å². The number of ether oxygens (including phenoxy) is 1. The van der Waals surface area contributed by atoms with Crippen molar-refractivity contribution in [2.45, 2.75) is 17.7 Å². The minimum absolute atomic E-state index is 0.0847. The average Bonchev–Trinajstić information content (AvgIpc) is 2.97. The zero-order valence-electron chi connectivity index (χ0n) is 13.8.